The van der Waals surface area contributed by atoms with Gasteiger partial charge in [-0.1, -0.05) is 5.92 Å². The summed E-state index contributed by atoms with van der Waals surface area (Å²) in [5.41, 5.74) is -2.40. The summed E-state index contributed by atoms with van der Waals surface area (Å²) in [4.78, 5) is 33.5. The van der Waals surface area contributed by atoms with E-state index in [9.17, 15) is 19.7 Å². The molecular formula is C8H7N3O4. The molecule has 1 rings (SSSR count). The van der Waals surface area contributed by atoms with E-state index < -0.39 is 21.9 Å². The monoisotopic (exact) mass is 209 g/mol. The summed E-state index contributed by atoms with van der Waals surface area (Å²) in [5.74, 6) is 5.09. The number of rotatable bonds is 2. The third-order valence-corrected chi connectivity index (χ3v) is 1.61. The first-order valence-corrected chi connectivity index (χ1v) is 3.94. The zero-order valence-corrected chi connectivity index (χ0v) is 7.81. The lowest BCUT2D eigenvalue weighted by molar-refractivity contribution is -0.386. The molecule has 0 aliphatic rings. The number of aromatic nitrogens is 2. The van der Waals surface area contributed by atoms with Gasteiger partial charge in [0.05, 0.1) is 17.7 Å². The molecule has 1 N–H and O–H groups in total. The zero-order valence-electron chi connectivity index (χ0n) is 7.81. The van der Waals surface area contributed by atoms with Crippen LogP contribution in [-0.2, 0) is 6.54 Å². The maximum atomic E-state index is 11.1. The molecule has 0 bridgehead atoms. The third kappa shape index (κ3) is 2.31. The Kier molecular flexibility index (Phi) is 3.03. The van der Waals surface area contributed by atoms with Crippen molar-refractivity contribution in [2.45, 2.75) is 13.5 Å². The van der Waals surface area contributed by atoms with Crippen molar-refractivity contribution in [1.29, 1.82) is 0 Å². The fourth-order valence-corrected chi connectivity index (χ4v) is 0.910. The van der Waals surface area contributed by atoms with E-state index in [1.165, 1.54) is 0 Å². The Hall–Kier alpha value is -2.36. The summed E-state index contributed by atoms with van der Waals surface area (Å²) < 4.78 is 0.968. The van der Waals surface area contributed by atoms with Crippen molar-refractivity contribution < 1.29 is 4.92 Å². The quantitative estimate of drug-likeness (QED) is 0.402. The molecule has 1 aromatic heterocycles. The molecule has 0 saturated heterocycles. The normalized spacial score (nSPS) is 9.13. The van der Waals surface area contributed by atoms with Crippen molar-refractivity contribution in [3.8, 4) is 11.8 Å². The second kappa shape index (κ2) is 4.23. The Labute approximate surface area is 83.5 Å². The van der Waals surface area contributed by atoms with E-state index in [1.807, 2.05) is 4.98 Å². The molecule has 0 spiro atoms. The Morgan fingerprint density at radius 2 is 2.27 bits per heavy atom. The van der Waals surface area contributed by atoms with E-state index in [0.29, 0.717) is 0 Å². The van der Waals surface area contributed by atoms with Crippen molar-refractivity contribution in [1.82, 2.24) is 9.55 Å². The summed E-state index contributed by atoms with van der Waals surface area (Å²) in [6.45, 7) is 1.58. The number of hydrogen-bond donors (Lipinski definition) is 1. The molecule has 0 aliphatic heterocycles. The number of hydrogen-bond acceptors (Lipinski definition) is 4. The van der Waals surface area contributed by atoms with Crippen molar-refractivity contribution in [3.63, 3.8) is 0 Å². The van der Waals surface area contributed by atoms with E-state index in [4.69, 9.17) is 0 Å². The molecule has 7 heteroatoms. The molecule has 0 unspecified atom stereocenters. The minimum atomic E-state index is -1.01. The van der Waals surface area contributed by atoms with Crippen molar-refractivity contribution in [2.24, 2.45) is 0 Å². The molecule has 0 saturated carbocycles. The smallest absolute Gasteiger partial charge is 0.282 e. The Morgan fingerprint density at radius 3 is 2.80 bits per heavy atom. The molecule has 0 aromatic carbocycles. The first kappa shape index (κ1) is 10.7. The molecular weight excluding hydrogens is 202 g/mol. The molecule has 0 amide bonds. The van der Waals surface area contributed by atoms with Gasteiger partial charge < -0.3 is 0 Å². The van der Waals surface area contributed by atoms with Gasteiger partial charge in [-0.15, -0.1) is 5.92 Å². The van der Waals surface area contributed by atoms with Crippen LogP contribution in [0.4, 0.5) is 5.69 Å². The number of H-pyrrole nitrogens is 1. The van der Waals surface area contributed by atoms with E-state index in [2.05, 4.69) is 11.8 Å². The van der Waals surface area contributed by atoms with Gasteiger partial charge in [-0.2, -0.15) is 0 Å². The van der Waals surface area contributed by atoms with Gasteiger partial charge >= 0.3 is 16.9 Å². The van der Waals surface area contributed by atoms with Gasteiger partial charge in [-0.25, -0.2) is 4.79 Å². The SMILES string of the molecule is CC#CCn1cc([N+](=O)[O-])c(=O)[nH]c1=O. The summed E-state index contributed by atoms with van der Waals surface area (Å²) in [6, 6.07) is 0. The molecule has 1 heterocycles. The third-order valence-electron chi connectivity index (χ3n) is 1.61. The van der Waals surface area contributed by atoms with Crippen molar-refractivity contribution >= 4 is 5.69 Å². The zero-order chi connectivity index (χ0) is 11.4. The van der Waals surface area contributed by atoms with Crippen LogP contribution in [0.3, 0.4) is 0 Å². The summed E-state index contributed by atoms with van der Waals surface area (Å²) in [5, 5.41) is 10.4. The van der Waals surface area contributed by atoms with Gasteiger partial charge in [0.25, 0.3) is 0 Å². The van der Waals surface area contributed by atoms with Gasteiger partial charge in [0.2, 0.25) is 0 Å². The van der Waals surface area contributed by atoms with E-state index in [1.54, 1.807) is 6.92 Å². The second-order valence-corrected chi connectivity index (χ2v) is 2.59. The standard InChI is InChI=1S/C8H7N3O4/c1-2-3-4-10-5-6(11(14)15)7(12)9-8(10)13/h5H,4H2,1H3,(H,9,12,13). The van der Waals surface area contributed by atoms with Crippen LogP contribution in [-0.4, -0.2) is 14.5 Å². The lowest BCUT2D eigenvalue weighted by Gasteiger charge is -1.98. The second-order valence-electron chi connectivity index (χ2n) is 2.59. The number of aromatic amines is 1. The van der Waals surface area contributed by atoms with Gasteiger partial charge in [0, 0.05) is 0 Å². The predicted octanol–water partition coefficient (Wildman–Crippen LogP) is -0.532. The average Bonchev–Trinajstić information content (AvgIpc) is 2.16. The molecule has 7 nitrogen and oxygen atoms in total. The highest BCUT2D eigenvalue weighted by Gasteiger charge is 2.13. The number of nitrogens with one attached hydrogen (secondary N) is 1. The van der Waals surface area contributed by atoms with E-state index in [0.717, 1.165) is 10.8 Å². The predicted molar refractivity (Wildman–Crippen MR) is 51.4 cm³/mol. The van der Waals surface area contributed by atoms with Gasteiger partial charge in [0.15, 0.2) is 0 Å². The van der Waals surface area contributed by atoms with Crippen LogP contribution in [0.2, 0.25) is 0 Å². The summed E-state index contributed by atoms with van der Waals surface area (Å²) in [7, 11) is 0. The van der Waals surface area contributed by atoms with Crippen LogP contribution >= 0.6 is 0 Å². The number of nitrogens with zero attached hydrogens (tertiary/aromatic N) is 2. The highest BCUT2D eigenvalue weighted by Crippen LogP contribution is 1.97. The van der Waals surface area contributed by atoms with Crippen molar-refractivity contribution in [2.75, 3.05) is 0 Å². The molecule has 0 atom stereocenters. The molecule has 1 aromatic rings. The molecule has 0 aliphatic carbocycles. The van der Waals surface area contributed by atoms with Gasteiger partial charge in [0.1, 0.15) is 0 Å². The van der Waals surface area contributed by atoms with Crippen LogP contribution in [0.15, 0.2) is 15.8 Å². The average molecular weight is 209 g/mol. The molecule has 0 fully saturated rings. The van der Waals surface area contributed by atoms with Gasteiger partial charge in [-0.05, 0) is 6.92 Å². The first-order chi connectivity index (χ1) is 7.06. The van der Waals surface area contributed by atoms with E-state index >= 15 is 0 Å². The van der Waals surface area contributed by atoms with Crippen LogP contribution in [0.5, 0.6) is 0 Å². The largest absolute Gasteiger partial charge is 0.350 e. The topological polar surface area (TPSA) is 98.0 Å². The molecule has 15 heavy (non-hydrogen) atoms. The Bertz CT molecular complexity index is 558. The van der Waals surface area contributed by atoms with E-state index in [-0.39, 0.29) is 6.54 Å². The summed E-state index contributed by atoms with van der Waals surface area (Å²) in [6.07, 6.45) is 0.880. The molecule has 78 valence electrons. The Balaban J connectivity index is 3.34. The minimum absolute atomic E-state index is 0.00690. The maximum absolute atomic E-state index is 11.1. The maximum Gasteiger partial charge on any atom is 0.350 e. The highest BCUT2D eigenvalue weighted by molar-refractivity contribution is 5.21. The lowest BCUT2D eigenvalue weighted by Crippen LogP contribution is -2.30. The number of nitro groups is 1. The fourth-order valence-electron chi connectivity index (χ4n) is 0.910. The highest BCUT2D eigenvalue weighted by atomic mass is 16.6. The minimum Gasteiger partial charge on any atom is -0.282 e. The van der Waals surface area contributed by atoms with Gasteiger partial charge in [-0.3, -0.25) is 24.5 Å². The Morgan fingerprint density at radius 1 is 1.60 bits per heavy atom. The van der Waals surface area contributed by atoms with Crippen LogP contribution in [0.1, 0.15) is 6.92 Å². The van der Waals surface area contributed by atoms with Crippen LogP contribution in [0.25, 0.3) is 0 Å². The van der Waals surface area contributed by atoms with Crippen LogP contribution in [0, 0.1) is 22.0 Å². The lowest BCUT2D eigenvalue weighted by atomic mass is 10.5. The first-order valence-electron chi connectivity index (χ1n) is 3.94. The van der Waals surface area contributed by atoms with Crippen molar-refractivity contribution in [3.05, 3.63) is 37.1 Å². The fraction of sp³-hybridized carbons (Fsp3) is 0.250. The van der Waals surface area contributed by atoms with Crippen LogP contribution < -0.4 is 11.2 Å². The summed E-state index contributed by atoms with van der Waals surface area (Å²) >= 11 is 0. The molecule has 0 radical (unpaired) electrons.